The van der Waals surface area contributed by atoms with Crippen molar-refractivity contribution < 1.29 is 5.11 Å². The van der Waals surface area contributed by atoms with E-state index in [0.29, 0.717) is 11.4 Å². The Labute approximate surface area is 142 Å². The Hall–Kier alpha value is -2.45. The van der Waals surface area contributed by atoms with Gasteiger partial charge in [0.05, 0.1) is 11.8 Å². The summed E-state index contributed by atoms with van der Waals surface area (Å²) in [5.41, 5.74) is 3.28. The fourth-order valence-corrected chi connectivity index (χ4v) is 3.30. The molecule has 1 fully saturated rings. The summed E-state index contributed by atoms with van der Waals surface area (Å²) in [6.45, 7) is 5.34. The van der Waals surface area contributed by atoms with Gasteiger partial charge in [-0.1, -0.05) is 30.3 Å². The van der Waals surface area contributed by atoms with Gasteiger partial charge in [0.25, 0.3) is 0 Å². The monoisotopic (exact) mass is 322 g/mol. The lowest BCUT2D eigenvalue weighted by Crippen LogP contribution is -2.37. The van der Waals surface area contributed by atoms with Crippen LogP contribution in [0.2, 0.25) is 0 Å². The molecule has 0 unspecified atom stereocenters. The van der Waals surface area contributed by atoms with Gasteiger partial charge in [-0.05, 0) is 43.7 Å². The van der Waals surface area contributed by atoms with Gasteiger partial charge in [-0.15, -0.1) is 5.10 Å². The SMILES string of the molecule is Cc1nnc(N2CCC([C@@H](O)c3ccccc3)CC2)c(C#N)c1C. The lowest BCUT2D eigenvalue weighted by molar-refractivity contribution is 0.0928. The number of aromatic nitrogens is 2. The second kappa shape index (κ2) is 6.98. The standard InChI is InChI=1S/C19H22N4O/c1-13-14(2)21-22-19(17(13)12-20)23-10-8-16(9-11-23)18(24)15-6-4-3-5-7-15/h3-7,16,18,24H,8-11H2,1-2H3/t18-/m0/s1. The minimum Gasteiger partial charge on any atom is -0.388 e. The van der Waals surface area contributed by atoms with E-state index in [2.05, 4.69) is 21.2 Å². The summed E-state index contributed by atoms with van der Waals surface area (Å²) in [7, 11) is 0. The fraction of sp³-hybridized carbons (Fsp3) is 0.421. The third-order valence-corrected chi connectivity index (χ3v) is 4.97. The molecule has 1 saturated heterocycles. The van der Waals surface area contributed by atoms with Crippen LogP contribution in [0.5, 0.6) is 0 Å². The zero-order chi connectivity index (χ0) is 17.1. The first-order valence-electron chi connectivity index (χ1n) is 8.33. The normalized spacial score (nSPS) is 16.7. The molecule has 5 heteroatoms. The summed E-state index contributed by atoms with van der Waals surface area (Å²) in [5.74, 6) is 0.905. The molecule has 5 nitrogen and oxygen atoms in total. The van der Waals surface area contributed by atoms with Crippen LogP contribution in [0.25, 0.3) is 0 Å². The van der Waals surface area contributed by atoms with Crippen molar-refractivity contribution in [3.8, 4) is 6.07 Å². The topological polar surface area (TPSA) is 73.0 Å². The van der Waals surface area contributed by atoms with Crippen molar-refractivity contribution in [3.05, 3.63) is 52.7 Å². The molecule has 0 bridgehead atoms. The molecule has 0 saturated carbocycles. The Balaban J connectivity index is 1.72. The molecule has 124 valence electrons. The van der Waals surface area contributed by atoms with Crippen LogP contribution in [-0.4, -0.2) is 28.4 Å². The minimum atomic E-state index is -0.436. The van der Waals surface area contributed by atoms with Crippen molar-refractivity contribution >= 4 is 5.82 Å². The first-order chi connectivity index (χ1) is 11.6. The quantitative estimate of drug-likeness (QED) is 0.940. The summed E-state index contributed by atoms with van der Waals surface area (Å²) in [4.78, 5) is 2.12. The van der Waals surface area contributed by atoms with Crippen LogP contribution in [-0.2, 0) is 0 Å². The largest absolute Gasteiger partial charge is 0.388 e. The van der Waals surface area contributed by atoms with Crippen LogP contribution in [0.1, 0.15) is 41.3 Å². The van der Waals surface area contributed by atoms with Crippen molar-refractivity contribution in [1.29, 1.82) is 5.26 Å². The molecule has 2 heterocycles. The molecule has 2 aromatic rings. The predicted octanol–water partition coefficient (Wildman–Crippen LogP) is 2.92. The molecule has 1 aliphatic rings. The fourth-order valence-electron chi connectivity index (χ4n) is 3.30. The summed E-state index contributed by atoms with van der Waals surface area (Å²) in [6, 6.07) is 12.1. The number of aliphatic hydroxyl groups is 1. The van der Waals surface area contributed by atoms with E-state index < -0.39 is 6.10 Å². The number of hydrogen-bond acceptors (Lipinski definition) is 5. The van der Waals surface area contributed by atoms with Gasteiger partial charge in [-0.2, -0.15) is 10.4 Å². The number of piperidine rings is 1. The van der Waals surface area contributed by atoms with E-state index in [-0.39, 0.29) is 5.92 Å². The number of anilines is 1. The molecule has 0 spiro atoms. The van der Waals surface area contributed by atoms with Gasteiger partial charge >= 0.3 is 0 Å². The van der Waals surface area contributed by atoms with E-state index in [0.717, 1.165) is 42.8 Å². The zero-order valence-electron chi connectivity index (χ0n) is 14.1. The van der Waals surface area contributed by atoms with Gasteiger partial charge in [0.1, 0.15) is 11.6 Å². The van der Waals surface area contributed by atoms with Crippen LogP contribution < -0.4 is 4.90 Å². The van der Waals surface area contributed by atoms with E-state index in [4.69, 9.17) is 0 Å². The summed E-state index contributed by atoms with van der Waals surface area (Å²) < 4.78 is 0. The molecule has 1 aromatic carbocycles. The van der Waals surface area contributed by atoms with E-state index in [1.807, 2.05) is 44.2 Å². The predicted molar refractivity (Wildman–Crippen MR) is 92.6 cm³/mol. The number of benzene rings is 1. The minimum absolute atomic E-state index is 0.230. The lowest BCUT2D eigenvalue weighted by atomic mass is 9.87. The highest BCUT2D eigenvalue weighted by Gasteiger charge is 2.28. The molecule has 24 heavy (non-hydrogen) atoms. The maximum absolute atomic E-state index is 10.6. The average molecular weight is 322 g/mol. The summed E-state index contributed by atoms with van der Waals surface area (Å²) in [6.07, 6.45) is 1.31. The third kappa shape index (κ3) is 3.10. The van der Waals surface area contributed by atoms with Gasteiger partial charge in [0.15, 0.2) is 5.82 Å². The second-order valence-corrected chi connectivity index (χ2v) is 6.40. The lowest BCUT2D eigenvalue weighted by Gasteiger charge is -2.35. The number of nitrogens with zero attached hydrogens (tertiary/aromatic N) is 4. The van der Waals surface area contributed by atoms with Crippen molar-refractivity contribution in [3.63, 3.8) is 0 Å². The number of rotatable bonds is 3. The summed E-state index contributed by atoms with van der Waals surface area (Å²) in [5, 5.41) is 28.5. The van der Waals surface area contributed by atoms with Crippen molar-refractivity contribution in [1.82, 2.24) is 10.2 Å². The van der Waals surface area contributed by atoms with Crippen molar-refractivity contribution in [2.24, 2.45) is 5.92 Å². The molecule has 0 radical (unpaired) electrons. The smallest absolute Gasteiger partial charge is 0.169 e. The van der Waals surface area contributed by atoms with E-state index >= 15 is 0 Å². The van der Waals surface area contributed by atoms with Gasteiger partial charge in [0.2, 0.25) is 0 Å². The number of aliphatic hydroxyl groups excluding tert-OH is 1. The third-order valence-electron chi connectivity index (χ3n) is 4.97. The molecule has 1 aromatic heterocycles. The van der Waals surface area contributed by atoms with E-state index in [1.165, 1.54) is 0 Å². The van der Waals surface area contributed by atoms with Crippen LogP contribution in [0.4, 0.5) is 5.82 Å². The molecule has 3 rings (SSSR count). The second-order valence-electron chi connectivity index (χ2n) is 6.40. The Morgan fingerprint density at radius 2 is 1.83 bits per heavy atom. The molecular formula is C19H22N4O. The Morgan fingerprint density at radius 1 is 1.17 bits per heavy atom. The van der Waals surface area contributed by atoms with Gasteiger partial charge in [-0.25, -0.2) is 0 Å². The average Bonchev–Trinajstić information content (AvgIpc) is 2.64. The van der Waals surface area contributed by atoms with Gasteiger partial charge in [-0.3, -0.25) is 0 Å². The molecule has 1 N–H and O–H groups in total. The van der Waals surface area contributed by atoms with Gasteiger partial charge < -0.3 is 10.0 Å². The maximum Gasteiger partial charge on any atom is 0.169 e. The van der Waals surface area contributed by atoms with Crippen molar-refractivity contribution in [2.75, 3.05) is 18.0 Å². The van der Waals surface area contributed by atoms with Crippen LogP contribution in [0.15, 0.2) is 30.3 Å². The van der Waals surface area contributed by atoms with Crippen LogP contribution in [0, 0.1) is 31.1 Å². The van der Waals surface area contributed by atoms with E-state index in [1.54, 1.807) is 0 Å². The number of hydrogen-bond donors (Lipinski definition) is 1. The maximum atomic E-state index is 10.6. The highest BCUT2D eigenvalue weighted by Crippen LogP contribution is 2.33. The Morgan fingerprint density at radius 3 is 2.46 bits per heavy atom. The highest BCUT2D eigenvalue weighted by molar-refractivity contribution is 5.57. The van der Waals surface area contributed by atoms with Crippen molar-refractivity contribution in [2.45, 2.75) is 32.8 Å². The van der Waals surface area contributed by atoms with Crippen LogP contribution in [0.3, 0.4) is 0 Å². The molecule has 0 aliphatic carbocycles. The van der Waals surface area contributed by atoms with E-state index in [9.17, 15) is 10.4 Å². The number of aryl methyl sites for hydroxylation is 1. The zero-order valence-corrected chi connectivity index (χ0v) is 14.1. The molecule has 1 aliphatic heterocycles. The van der Waals surface area contributed by atoms with Gasteiger partial charge in [0, 0.05) is 13.1 Å². The Kier molecular flexibility index (Phi) is 4.77. The first kappa shape index (κ1) is 16.4. The molecular weight excluding hydrogens is 300 g/mol. The molecule has 1 atom stereocenters. The summed E-state index contributed by atoms with van der Waals surface area (Å²) >= 11 is 0. The first-order valence-corrected chi connectivity index (χ1v) is 8.33. The Bertz CT molecular complexity index is 746. The highest BCUT2D eigenvalue weighted by atomic mass is 16.3. The van der Waals surface area contributed by atoms with Crippen LogP contribution >= 0.6 is 0 Å². The molecule has 0 amide bonds. The number of nitriles is 1.